The van der Waals surface area contributed by atoms with Crippen molar-refractivity contribution in [1.29, 1.82) is 0 Å². The lowest BCUT2D eigenvalue weighted by Crippen LogP contribution is -1.97. The summed E-state index contributed by atoms with van der Waals surface area (Å²) in [6.45, 7) is 0. The summed E-state index contributed by atoms with van der Waals surface area (Å²) < 4.78 is 1.72. The van der Waals surface area contributed by atoms with Crippen molar-refractivity contribution in [3.8, 4) is 23.1 Å². The Balaban J connectivity index is 1.77. The lowest BCUT2D eigenvalue weighted by atomic mass is 10.1. The molecule has 0 saturated carbocycles. The number of benzene rings is 1. The number of imidazole rings is 1. The summed E-state index contributed by atoms with van der Waals surface area (Å²) in [5.41, 5.74) is 9.61. The van der Waals surface area contributed by atoms with Crippen molar-refractivity contribution in [2.24, 2.45) is 0 Å². The summed E-state index contributed by atoms with van der Waals surface area (Å²) >= 11 is 6.07. The summed E-state index contributed by atoms with van der Waals surface area (Å²) in [5, 5.41) is 5.30. The number of pyridine rings is 1. The van der Waals surface area contributed by atoms with Gasteiger partial charge < -0.3 is 5.73 Å². The van der Waals surface area contributed by atoms with Gasteiger partial charge in [0.1, 0.15) is 11.5 Å². The molecule has 4 rings (SSSR count). The van der Waals surface area contributed by atoms with Crippen LogP contribution in [0.25, 0.3) is 16.9 Å². The molecule has 2 N–H and O–H groups in total. The summed E-state index contributed by atoms with van der Waals surface area (Å²) in [6.07, 6.45) is 3.32. The molecule has 0 fully saturated rings. The molecule has 0 aliphatic carbocycles. The predicted molar refractivity (Wildman–Crippen MR) is 98.1 cm³/mol. The number of halogens is 1. The minimum Gasteiger partial charge on any atom is -0.384 e. The molecule has 3 heterocycles. The molecule has 0 bridgehead atoms. The van der Waals surface area contributed by atoms with E-state index in [1.165, 1.54) is 0 Å². The van der Waals surface area contributed by atoms with Gasteiger partial charge in [-0.2, -0.15) is 5.10 Å². The van der Waals surface area contributed by atoms with E-state index >= 15 is 0 Å². The smallest absolute Gasteiger partial charge is 0.154 e. The average molecular weight is 346 g/mol. The molecule has 0 saturated heterocycles. The minimum atomic E-state index is 0.436. The van der Waals surface area contributed by atoms with Crippen LogP contribution in [0.3, 0.4) is 0 Å². The molecule has 0 spiro atoms. The molecule has 1 aromatic carbocycles. The van der Waals surface area contributed by atoms with Crippen molar-refractivity contribution in [3.05, 3.63) is 77.2 Å². The highest BCUT2D eigenvalue weighted by molar-refractivity contribution is 6.30. The number of fused-ring (bicyclic) bond motifs is 1. The molecule has 0 amide bonds. The van der Waals surface area contributed by atoms with Crippen molar-refractivity contribution in [2.45, 2.75) is 0 Å². The summed E-state index contributed by atoms with van der Waals surface area (Å²) in [6, 6.07) is 14.9. The number of hydrogen-bond donors (Lipinski definition) is 1. The van der Waals surface area contributed by atoms with E-state index in [4.69, 9.17) is 17.3 Å². The van der Waals surface area contributed by atoms with Gasteiger partial charge in [-0.05, 0) is 42.3 Å². The molecule has 6 heteroatoms. The van der Waals surface area contributed by atoms with Crippen LogP contribution >= 0.6 is 11.6 Å². The van der Waals surface area contributed by atoms with Crippen LogP contribution in [-0.2, 0) is 0 Å². The highest BCUT2D eigenvalue weighted by Gasteiger charge is 2.06. The van der Waals surface area contributed by atoms with Crippen LogP contribution in [0.1, 0.15) is 11.3 Å². The van der Waals surface area contributed by atoms with Crippen molar-refractivity contribution >= 4 is 23.1 Å². The molecular formula is C19H12ClN5. The van der Waals surface area contributed by atoms with Gasteiger partial charge in [0.15, 0.2) is 5.65 Å². The first-order chi connectivity index (χ1) is 12.2. The van der Waals surface area contributed by atoms with Crippen LogP contribution in [0.15, 0.2) is 60.9 Å². The number of nitrogens with zero attached hydrogens (tertiary/aromatic N) is 4. The van der Waals surface area contributed by atoms with Gasteiger partial charge in [-0.3, -0.25) is 0 Å². The second kappa shape index (κ2) is 6.27. The molecule has 0 atom stereocenters. The van der Waals surface area contributed by atoms with E-state index in [9.17, 15) is 0 Å². The lowest BCUT2D eigenvalue weighted by Gasteiger charge is -2.02. The Morgan fingerprint density at radius 1 is 1.00 bits per heavy atom. The summed E-state index contributed by atoms with van der Waals surface area (Å²) in [5.74, 6) is 6.57. The van der Waals surface area contributed by atoms with E-state index in [1.54, 1.807) is 29.0 Å². The SMILES string of the molecule is Nc1cc(C#Cc2cnc3ccc(-c4cccc(Cl)c4)nn23)ccn1. The number of aromatic nitrogens is 4. The molecule has 4 aromatic rings. The molecule has 0 aliphatic rings. The molecule has 0 unspecified atom stereocenters. The van der Waals surface area contributed by atoms with E-state index in [1.807, 2.05) is 36.4 Å². The Hall–Kier alpha value is -3.36. The van der Waals surface area contributed by atoms with Crippen LogP contribution in [-0.4, -0.2) is 19.6 Å². The molecule has 0 aliphatic heterocycles. The Morgan fingerprint density at radius 2 is 1.92 bits per heavy atom. The van der Waals surface area contributed by atoms with E-state index in [0.29, 0.717) is 16.5 Å². The quantitative estimate of drug-likeness (QED) is 0.537. The maximum absolute atomic E-state index is 6.07. The zero-order valence-electron chi connectivity index (χ0n) is 13.0. The minimum absolute atomic E-state index is 0.436. The van der Waals surface area contributed by atoms with Gasteiger partial charge in [-0.25, -0.2) is 14.5 Å². The molecular weight excluding hydrogens is 334 g/mol. The highest BCUT2D eigenvalue weighted by Crippen LogP contribution is 2.21. The van der Waals surface area contributed by atoms with Crippen molar-refractivity contribution < 1.29 is 0 Å². The fraction of sp³-hybridized carbons (Fsp3) is 0. The first-order valence-electron chi connectivity index (χ1n) is 7.53. The Labute approximate surface area is 149 Å². The Kier molecular flexibility index (Phi) is 3.81. The Bertz CT molecular complexity index is 1140. The molecule has 25 heavy (non-hydrogen) atoms. The maximum atomic E-state index is 6.07. The van der Waals surface area contributed by atoms with E-state index in [-0.39, 0.29) is 0 Å². The number of hydrogen-bond acceptors (Lipinski definition) is 4. The third-order valence-corrected chi connectivity index (χ3v) is 3.83. The van der Waals surface area contributed by atoms with Crippen molar-refractivity contribution in [2.75, 3.05) is 5.73 Å². The third-order valence-electron chi connectivity index (χ3n) is 3.60. The summed E-state index contributed by atoms with van der Waals surface area (Å²) in [4.78, 5) is 8.29. The fourth-order valence-electron chi connectivity index (χ4n) is 2.42. The zero-order chi connectivity index (χ0) is 17.2. The predicted octanol–water partition coefficient (Wildman–Crippen LogP) is 3.43. The average Bonchev–Trinajstić information content (AvgIpc) is 3.02. The van der Waals surface area contributed by atoms with Gasteiger partial charge in [-0.1, -0.05) is 29.7 Å². The van der Waals surface area contributed by atoms with Crippen molar-refractivity contribution in [1.82, 2.24) is 19.6 Å². The van der Waals surface area contributed by atoms with Crippen LogP contribution in [0.5, 0.6) is 0 Å². The van der Waals surface area contributed by atoms with Gasteiger partial charge in [0.2, 0.25) is 0 Å². The van der Waals surface area contributed by atoms with Crippen LogP contribution in [0.4, 0.5) is 5.82 Å². The van der Waals surface area contributed by atoms with Crippen LogP contribution in [0.2, 0.25) is 5.02 Å². The molecule has 0 radical (unpaired) electrons. The number of nitrogen functional groups attached to an aromatic ring is 1. The zero-order valence-corrected chi connectivity index (χ0v) is 13.8. The second-order valence-electron chi connectivity index (χ2n) is 5.36. The monoisotopic (exact) mass is 345 g/mol. The van der Waals surface area contributed by atoms with Crippen LogP contribution < -0.4 is 5.73 Å². The third kappa shape index (κ3) is 3.16. The number of nitrogens with two attached hydrogens (primary N) is 1. The van der Waals surface area contributed by atoms with Gasteiger partial charge in [0, 0.05) is 22.3 Å². The van der Waals surface area contributed by atoms with Crippen LogP contribution in [0, 0.1) is 11.8 Å². The van der Waals surface area contributed by atoms with E-state index in [2.05, 4.69) is 26.9 Å². The van der Waals surface area contributed by atoms with E-state index in [0.717, 1.165) is 22.5 Å². The number of rotatable bonds is 1. The molecule has 3 aromatic heterocycles. The topological polar surface area (TPSA) is 69.1 Å². The maximum Gasteiger partial charge on any atom is 0.154 e. The van der Waals surface area contributed by atoms with Crippen molar-refractivity contribution in [3.63, 3.8) is 0 Å². The van der Waals surface area contributed by atoms with Gasteiger partial charge in [-0.15, -0.1) is 0 Å². The van der Waals surface area contributed by atoms with E-state index < -0.39 is 0 Å². The molecule has 120 valence electrons. The van der Waals surface area contributed by atoms with Gasteiger partial charge in [0.05, 0.1) is 11.9 Å². The normalized spacial score (nSPS) is 10.4. The summed E-state index contributed by atoms with van der Waals surface area (Å²) in [7, 11) is 0. The largest absolute Gasteiger partial charge is 0.384 e. The van der Waals surface area contributed by atoms with Gasteiger partial charge >= 0.3 is 0 Å². The second-order valence-corrected chi connectivity index (χ2v) is 5.80. The highest BCUT2D eigenvalue weighted by atomic mass is 35.5. The number of anilines is 1. The first kappa shape index (κ1) is 15.2. The standard InChI is InChI=1S/C19H12ClN5/c20-15-3-1-2-14(11-15)17-6-7-19-23-12-16(25(19)24-17)5-4-13-8-9-22-18(21)10-13/h1-3,6-12H,(H2,21,22). The Morgan fingerprint density at radius 3 is 2.76 bits per heavy atom. The molecule has 5 nitrogen and oxygen atoms in total. The first-order valence-corrected chi connectivity index (χ1v) is 7.91. The fourth-order valence-corrected chi connectivity index (χ4v) is 2.61. The van der Waals surface area contributed by atoms with Gasteiger partial charge in [0.25, 0.3) is 0 Å². The lowest BCUT2D eigenvalue weighted by molar-refractivity contribution is 0.930.